The van der Waals surface area contributed by atoms with Crippen LogP contribution in [0.1, 0.15) is 27.2 Å². The minimum atomic E-state index is -0.180. The molecule has 0 aliphatic rings. The zero-order chi connectivity index (χ0) is 14.4. The normalized spacial score (nSPS) is 9.90. The average Bonchev–Trinajstić information content (AvgIpc) is 3.13. The summed E-state index contributed by atoms with van der Waals surface area (Å²) in [4.78, 5) is 15.5. The second-order valence-electron chi connectivity index (χ2n) is 4.02. The summed E-state index contributed by atoms with van der Waals surface area (Å²) >= 11 is 1.33. The Labute approximate surface area is 121 Å². The number of furan rings is 1. The van der Waals surface area contributed by atoms with Crippen LogP contribution in [0.2, 0.25) is 0 Å². The van der Waals surface area contributed by atoms with Gasteiger partial charge in [0.05, 0.1) is 22.6 Å². The standard InChI is InChI=1S/C15H15NO3S/c1-2-16(11-12-5-4-10-19-12)15(18)14-8-7-13(20-14)6-3-9-17/h4-5,7-8,10,17H,2,9,11H2,1H3. The minimum absolute atomic E-state index is 0.0362. The molecule has 0 aliphatic carbocycles. The summed E-state index contributed by atoms with van der Waals surface area (Å²) in [5.74, 6) is 6.10. The third kappa shape index (κ3) is 3.50. The van der Waals surface area contributed by atoms with Crippen LogP contribution in [-0.4, -0.2) is 29.1 Å². The first kappa shape index (κ1) is 14.4. The van der Waals surface area contributed by atoms with E-state index in [1.54, 1.807) is 29.4 Å². The van der Waals surface area contributed by atoms with E-state index in [0.717, 1.165) is 10.6 Å². The smallest absolute Gasteiger partial charge is 0.264 e. The third-order valence-electron chi connectivity index (χ3n) is 2.70. The van der Waals surface area contributed by atoms with Crippen molar-refractivity contribution in [2.45, 2.75) is 13.5 Å². The van der Waals surface area contributed by atoms with E-state index in [2.05, 4.69) is 11.8 Å². The molecular formula is C15H15NO3S. The lowest BCUT2D eigenvalue weighted by Gasteiger charge is -2.18. The van der Waals surface area contributed by atoms with Crippen molar-refractivity contribution in [1.29, 1.82) is 0 Å². The lowest BCUT2D eigenvalue weighted by Crippen LogP contribution is -2.29. The van der Waals surface area contributed by atoms with Gasteiger partial charge < -0.3 is 14.4 Å². The van der Waals surface area contributed by atoms with Crippen LogP contribution in [0.15, 0.2) is 34.9 Å². The van der Waals surface area contributed by atoms with Gasteiger partial charge in [0.1, 0.15) is 12.4 Å². The maximum atomic E-state index is 12.4. The maximum absolute atomic E-state index is 12.4. The van der Waals surface area contributed by atoms with Crippen LogP contribution in [0.4, 0.5) is 0 Å². The molecule has 0 spiro atoms. The summed E-state index contributed by atoms with van der Waals surface area (Å²) in [6.45, 7) is 2.81. The van der Waals surface area contributed by atoms with E-state index in [-0.39, 0.29) is 12.5 Å². The highest BCUT2D eigenvalue weighted by Crippen LogP contribution is 2.18. The summed E-state index contributed by atoms with van der Waals surface area (Å²) < 4.78 is 5.27. The molecular weight excluding hydrogens is 274 g/mol. The molecule has 5 heteroatoms. The van der Waals surface area contributed by atoms with Gasteiger partial charge in [0.25, 0.3) is 5.91 Å². The predicted octanol–water partition coefficient (Wildman–Crippen LogP) is 2.35. The number of nitrogens with zero attached hydrogens (tertiary/aromatic N) is 1. The molecule has 0 bridgehead atoms. The van der Waals surface area contributed by atoms with E-state index >= 15 is 0 Å². The molecule has 0 unspecified atom stereocenters. The molecule has 2 heterocycles. The fourth-order valence-corrected chi connectivity index (χ4v) is 2.57. The van der Waals surface area contributed by atoms with Gasteiger partial charge in [-0.3, -0.25) is 4.79 Å². The van der Waals surface area contributed by atoms with Gasteiger partial charge in [-0.15, -0.1) is 11.3 Å². The fraction of sp³-hybridized carbons (Fsp3) is 0.267. The molecule has 0 aromatic carbocycles. The van der Waals surface area contributed by atoms with E-state index in [4.69, 9.17) is 9.52 Å². The highest BCUT2D eigenvalue weighted by molar-refractivity contribution is 7.14. The van der Waals surface area contributed by atoms with Crippen molar-refractivity contribution in [2.75, 3.05) is 13.2 Å². The summed E-state index contributed by atoms with van der Waals surface area (Å²) in [7, 11) is 0. The monoisotopic (exact) mass is 289 g/mol. The summed E-state index contributed by atoms with van der Waals surface area (Å²) in [6.07, 6.45) is 1.60. The molecule has 1 amide bonds. The Morgan fingerprint density at radius 2 is 2.30 bits per heavy atom. The van der Waals surface area contributed by atoms with E-state index in [9.17, 15) is 4.79 Å². The lowest BCUT2D eigenvalue weighted by molar-refractivity contribution is 0.0746. The maximum Gasteiger partial charge on any atom is 0.264 e. The van der Waals surface area contributed by atoms with Gasteiger partial charge in [0, 0.05) is 6.54 Å². The van der Waals surface area contributed by atoms with Crippen molar-refractivity contribution in [1.82, 2.24) is 4.90 Å². The first-order chi connectivity index (χ1) is 9.74. The zero-order valence-electron chi connectivity index (χ0n) is 11.1. The molecule has 0 saturated heterocycles. The molecule has 20 heavy (non-hydrogen) atoms. The highest BCUT2D eigenvalue weighted by Gasteiger charge is 2.17. The van der Waals surface area contributed by atoms with Crippen LogP contribution in [0.5, 0.6) is 0 Å². The van der Waals surface area contributed by atoms with Crippen molar-refractivity contribution in [3.05, 3.63) is 46.0 Å². The number of hydrogen-bond acceptors (Lipinski definition) is 4. The van der Waals surface area contributed by atoms with E-state index < -0.39 is 0 Å². The number of aliphatic hydroxyl groups excluding tert-OH is 1. The molecule has 0 atom stereocenters. The van der Waals surface area contributed by atoms with Gasteiger partial charge >= 0.3 is 0 Å². The second-order valence-corrected chi connectivity index (χ2v) is 5.11. The highest BCUT2D eigenvalue weighted by atomic mass is 32.1. The van der Waals surface area contributed by atoms with Gasteiger partial charge in [0.15, 0.2) is 0 Å². The number of thiophene rings is 1. The summed E-state index contributed by atoms with van der Waals surface area (Å²) in [5.41, 5.74) is 0. The molecule has 2 aromatic rings. The third-order valence-corrected chi connectivity index (χ3v) is 3.69. The first-order valence-electron chi connectivity index (χ1n) is 6.25. The van der Waals surface area contributed by atoms with Crippen LogP contribution in [0.3, 0.4) is 0 Å². The summed E-state index contributed by atoms with van der Waals surface area (Å²) in [6, 6.07) is 7.21. The van der Waals surface area contributed by atoms with Crippen molar-refractivity contribution < 1.29 is 14.3 Å². The van der Waals surface area contributed by atoms with Gasteiger partial charge in [-0.05, 0) is 31.2 Å². The molecule has 0 radical (unpaired) electrons. The predicted molar refractivity (Wildman–Crippen MR) is 77.4 cm³/mol. The lowest BCUT2D eigenvalue weighted by atomic mass is 10.3. The minimum Gasteiger partial charge on any atom is -0.467 e. The van der Waals surface area contributed by atoms with Gasteiger partial charge in [0.2, 0.25) is 0 Å². The van der Waals surface area contributed by atoms with Crippen LogP contribution in [0.25, 0.3) is 0 Å². The Kier molecular flexibility index (Phi) is 4.99. The number of carbonyl (C=O) groups is 1. The molecule has 1 N–H and O–H groups in total. The van der Waals surface area contributed by atoms with Gasteiger partial charge in [-0.25, -0.2) is 0 Å². The van der Waals surface area contributed by atoms with E-state index in [0.29, 0.717) is 18.0 Å². The first-order valence-corrected chi connectivity index (χ1v) is 7.07. The van der Waals surface area contributed by atoms with Crippen molar-refractivity contribution >= 4 is 17.2 Å². The quantitative estimate of drug-likeness (QED) is 0.879. The second kappa shape index (κ2) is 6.94. The number of carbonyl (C=O) groups excluding carboxylic acids is 1. The fourth-order valence-electron chi connectivity index (χ4n) is 1.72. The molecule has 2 rings (SSSR count). The molecule has 2 aromatic heterocycles. The Hall–Kier alpha value is -2.03. The van der Waals surface area contributed by atoms with E-state index in [1.165, 1.54) is 11.3 Å². The number of amides is 1. The number of rotatable bonds is 4. The van der Waals surface area contributed by atoms with Crippen LogP contribution in [0, 0.1) is 11.8 Å². The molecule has 0 aliphatic heterocycles. The Balaban J connectivity index is 2.10. The van der Waals surface area contributed by atoms with Crippen LogP contribution in [-0.2, 0) is 6.54 Å². The van der Waals surface area contributed by atoms with Crippen LogP contribution >= 0.6 is 11.3 Å². The Morgan fingerprint density at radius 1 is 1.45 bits per heavy atom. The molecule has 104 valence electrons. The van der Waals surface area contributed by atoms with Crippen molar-refractivity contribution in [2.24, 2.45) is 0 Å². The molecule has 0 saturated carbocycles. The van der Waals surface area contributed by atoms with Gasteiger partial charge in [-0.1, -0.05) is 11.8 Å². The topological polar surface area (TPSA) is 53.7 Å². The van der Waals surface area contributed by atoms with E-state index in [1.807, 2.05) is 13.0 Å². The Bertz CT molecular complexity index is 619. The largest absolute Gasteiger partial charge is 0.467 e. The SMILES string of the molecule is CCN(Cc1ccco1)C(=O)c1ccc(C#CCO)s1. The number of aliphatic hydroxyl groups is 1. The number of hydrogen-bond donors (Lipinski definition) is 1. The van der Waals surface area contributed by atoms with Crippen LogP contribution < -0.4 is 0 Å². The van der Waals surface area contributed by atoms with Crippen molar-refractivity contribution in [3.63, 3.8) is 0 Å². The van der Waals surface area contributed by atoms with Crippen molar-refractivity contribution in [3.8, 4) is 11.8 Å². The average molecular weight is 289 g/mol. The summed E-state index contributed by atoms with van der Waals surface area (Å²) in [5, 5.41) is 8.66. The molecule has 0 fully saturated rings. The van der Waals surface area contributed by atoms with Gasteiger partial charge in [-0.2, -0.15) is 0 Å². The zero-order valence-corrected chi connectivity index (χ0v) is 11.9. The molecule has 4 nitrogen and oxygen atoms in total. The Morgan fingerprint density at radius 3 is 2.95 bits per heavy atom.